The highest BCUT2D eigenvalue weighted by atomic mass is 16.1. The number of pyridine rings is 1. The van der Waals surface area contributed by atoms with Crippen LogP contribution in [0.1, 0.15) is 47.6 Å². The van der Waals surface area contributed by atoms with Gasteiger partial charge in [0.1, 0.15) is 5.82 Å². The monoisotopic (exact) mass is 325 g/mol. The van der Waals surface area contributed by atoms with Crippen LogP contribution in [-0.2, 0) is 6.42 Å². The van der Waals surface area contributed by atoms with E-state index in [4.69, 9.17) is 0 Å². The van der Waals surface area contributed by atoms with Gasteiger partial charge in [-0.05, 0) is 37.6 Å². The molecule has 1 fully saturated rings. The molecule has 0 unspecified atom stereocenters. The molecule has 2 aromatic heterocycles. The van der Waals surface area contributed by atoms with Crippen molar-refractivity contribution in [1.82, 2.24) is 25.2 Å². The van der Waals surface area contributed by atoms with Crippen molar-refractivity contribution in [2.75, 3.05) is 19.6 Å². The van der Waals surface area contributed by atoms with Crippen molar-refractivity contribution in [3.8, 4) is 0 Å². The number of nitrogens with zero attached hydrogens (tertiary/aromatic N) is 4. The van der Waals surface area contributed by atoms with Crippen LogP contribution in [0.5, 0.6) is 0 Å². The molecule has 6 heteroatoms. The minimum absolute atomic E-state index is 0.134. The number of aromatic nitrogens is 3. The quantitative estimate of drug-likeness (QED) is 0.879. The Hall–Kier alpha value is -2.34. The number of likely N-dealkylation sites (tertiary alicyclic amines) is 1. The maximum Gasteiger partial charge on any atom is 0.254 e. The topological polar surface area (TPSA) is 71.0 Å². The molecule has 24 heavy (non-hydrogen) atoms. The van der Waals surface area contributed by atoms with Crippen LogP contribution in [0.2, 0.25) is 0 Å². The van der Waals surface area contributed by atoms with Crippen LogP contribution in [0, 0.1) is 0 Å². The van der Waals surface area contributed by atoms with E-state index in [9.17, 15) is 4.79 Å². The molecular weight excluding hydrogens is 302 g/mol. The summed E-state index contributed by atoms with van der Waals surface area (Å²) in [6, 6.07) is 4.17. The maximum absolute atomic E-state index is 12.4. The van der Waals surface area contributed by atoms with Gasteiger partial charge in [-0.2, -0.15) is 0 Å². The Morgan fingerprint density at radius 3 is 2.62 bits per heavy atom. The van der Waals surface area contributed by atoms with Crippen LogP contribution in [-0.4, -0.2) is 45.4 Å². The fraction of sp³-hybridized carbons (Fsp3) is 0.444. The second kappa shape index (κ2) is 7.97. The third-order valence-corrected chi connectivity index (χ3v) is 4.39. The molecule has 0 aliphatic carbocycles. The van der Waals surface area contributed by atoms with Gasteiger partial charge in [0.25, 0.3) is 5.91 Å². The number of aryl methyl sites for hydroxylation is 1. The summed E-state index contributed by atoms with van der Waals surface area (Å²) in [6.07, 6.45) is 10.0. The highest BCUT2D eigenvalue weighted by Gasteiger charge is 2.24. The van der Waals surface area contributed by atoms with Crippen LogP contribution in [0.15, 0.2) is 36.9 Å². The summed E-state index contributed by atoms with van der Waals surface area (Å²) in [4.78, 5) is 27.4. The lowest BCUT2D eigenvalue weighted by molar-refractivity contribution is 0.0937. The van der Waals surface area contributed by atoms with Gasteiger partial charge < -0.3 is 5.32 Å². The molecule has 1 atom stereocenters. The third kappa shape index (κ3) is 3.94. The summed E-state index contributed by atoms with van der Waals surface area (Å²) in [6.45, 7) is 4.66. The Bertz CT molecular complexity index is 653. The van der Waals surface area contributed by atoms with Crippen molar-refractivity contribution >= 4 is 5.91 Å². The highest BCUT2D eigenvalue weighted by Crippen LogP contribution is 2.23. The van der Waals surface area contributed by atoms with Crippen LogP contribution < -0.4 is 5.32 Å². The van der Waals surface area contributed by atoms with Gasteiger partial charge in [0.2, 0.25) is 0 Å². The number of rotatable bonds is 6. The van der Waals surface area contributed by atoms with E-state index in [0.717, 1.165) is 30.9 Å². The van der Waals surface area contributed by atoms with Gasteiger partial charge in [0.15, 0.2) is 0 Å². The lowest BCUT2D eigenvalue weighted by atomic mass is 10.1. The average Bonchev–Trinajstić information content (AvgIpc) is 3.17. The Balaban J connectivity index is 1.67. The molecule has 3 rings (SSSR count). The van der Waals surface area contributed by atoms with E-state index in [1.807, 2.05) is 19.2 Å². The van der Waals surface area contributed by atoms with Gasteiger partial charge in [0, 0.05) is 37.8 Å². The summed E-state index contributed by atoms with van der Waals surface area (Å²) in [5.74, 6) is 0.614. The lowest BCUT2D eigenvalue weighted by Gasteiger charge is -2.27. The van der Waals surface area contributed by atoms with Crippen molar-refractivity contribution in [3.05, 3.63) is 53.9 Å². The van der Waals surface area contributed by atoms with Crippen molar-refractivity contribution in [2.24, 2.45) is 0 Å². The number of carbonyl (C=O) groups excluding carboxylic acids is 1. The molecule has 1 aliphatic rings. The number of nitrogens with one attached hydrogen (secondary N) is 1. The van der Waals surface area contributed by atoms with E-state index in [2.05, 4.69) is 31.2 Å². The van der Waals surface area contributed by atoms with E-state index in [1.165, 1.54) is 12.8 Å². The summed E-state index contributed by atoms with van der Waals surface area (Å²) in [5, 5.41) is 3.02. The van der Waals surface area contributed by atoms with Crippen LogP contribution in [0.25, 0.3) is 0 Å². The number of carbonyl (C=O) groups is 1. The highest BCUT2D eigenvalue weighted by molar-refractivity contribution is 5.93. The molecule has 3 heterocycles. The zero-order valence-corrected chi connectivity index (χ0v) is 14.0. The van der Waals surface area contributed by atoms with E-state index >= 15 is 0 Å². The minimum Gasteiger partial charge on any atom is -0.350 e. The van der Waals surface area contributed by atoms with E-state index < -0.39 is 0 Å². The summed E-state index contributed by atoms with van der Waals surface area (Å²) < 4.78 is 0. The predicted molar refractivity (Wildman–Crippen MR) is 91.5 cm³/mol. The second-order valence-electron chi connectivity index (χ2n) is 6.00. The summed E-state index contributed by atoms with van der Waals surface area (Å²) in [7, 11) is 0. The summed E-state index contributed by atoms with van der Waals surface area (Å²) >= 11 is 0. The average molecular weight is 325 g/mol. The molecule has 126 valence electrons. The molecule has 6 nitrogen and oxygen atoms in total. The lowest BCUT2D eigenvalue weighted by Crippen LogP contribution is -2.37. The first-order valence-electron chi connectivity index (χ1n) is 8.51. The van der Waals surface area contributed by atoms with Gasteiger partial charge in [-0.1, -0.05) is 13.0 Å². The first-order valence-corrected chi connectivity index (χ1v) is 8.51. The van der Waals surface area contributed by atoms with E-state index in [-0.39, 0.29) is 11.9 Å². The molecule has 0 saturated carbocycles. The Kier molecular flexibility index (Phi) is 5.48. The molecule has 1 saturated heterocycles. The standard InChI is InChI=1S/C18H23N5O/c1-2-17-20-11-15(12-21-17)18(24)22-13-16(23-8-3-4-9-23)14-6-5-7-19-10-14/h5-7,10-12,16H,2-4,8-9,13H2,1H3,(H,22,24)/t16-/m1/s1. The normalized spacial score (nSPS) is 16.0. The van der Waals surface area contributed by atoms with Crippen molar-refractivity contribution in [3.63, 3.8) is 0 Å². The molecule has 1 amide bonds. The van der Waals surface area contributed by atoms with Crippen molar-refractivity contribution < 1.29 is 4.79 Å². The van der Waals surface area contributed by atoms with Gasteiger partial charge in [0.05, 0.1) is 11.6 Å². The Morgan fingerprint density at radius 1 is 1.25 bits per heavy atom. The van der Waals surface area contributed by atoms with E-state index in [0.29, 0.717) is 12.1 Å². The smallest absolute Gasteiger partial charge is 0.254 e. The Labute approximate surface area is 142 Å². The molecule has 0 aromatic carbocycles. The predicted octanol–water partition coefficient (Wildman–Crippen LogP) is 2.00. The zero-order valence-electron chi connectivity index (χ0n) is 14.0. The minimum atomic E-state index is -0.134. The van der Waals surface area contributed by atoms with Gasteiger partial charge in [-0.3, -0.25) is 14.7 Å². The van der Waals surface area contributed by atoms with Gasteiger partial charge in [-0.15, -0.1) is 0 Å². The van der Waals surface area contributed by atoms with Crippen molar-refractivity contribution in [2.45, 2.75) is 32.2 Å². The second-order valence-corrected chi connectivity index (χ2v) is 6.00. The molecule has 0 spiro atoms. The third-order valence-electron chi connectivity index (χ3n) is 4.39. The molecule has 0 radical (unpaired) electrons. The zero-order chi connectivity index (χ0) is 16.8. The largest absolute Gasteiger partial charge is 0.350 e. The first-order chi connectivity index (χ1) is 11.8. The summed E-state index contributed by atoms with van der Waals surface area (Å²) in [5.41, 5.74) is 1.64. The fourth-order valence-electron chi connectivity index (χ4n) is 3.03. The Morgan fingerprint density at radius 2 is 2.00 bits per heavy atom. The molecule has 1 aliphatic heterocycles. The van der Waals surface area contributed by atoms with Crippen LogP contribution in [0.4, 0.5) is 0 Å². The van der Waals surface area contributed by atoms with Gasteiger partial charge in [-0.25, -0.2) is 9.97 Å². The maximum atomic E-state index is 12.4. The molecule has 2 aromatic rings. The van der Waals surface area contributed by atoms with Crippen molar-refractivity contribution in [1.29, 1.82) is 0 Å². The SMILES string of the molecule is CCc1ncc(C(=O)NC[C@H](c2cccnc2)N2CCCC2)cn1. The number of hydrogen-bond acceptors (Lipinski definition) is 5. The number of amides is 1. The molecule has 1 N–H and O–H groups in total. The van der Waals surface area contributed by atoms with Gasteiger partial charge >= 0.3 is 0 Å². The van der Waals surface area contributed by atoms with Crippen LogP contribution >= 0.6 is 0 Å². The fourth-order valence-corrected chi connectivity index (χ4v) is 3.03. The molecule has 0 bridgehead atoms. The molecular formula is C18H23N5O. The first kappa shape index (κ1) is 16.5. The van der Waals surface area contributed by atoms with Crippen LogP contribution in [0.3, 0.4) is 0 Å². The number of hydrogen-bond donors (Lipinski definition) is 1. The van der Waals surface area contributed by atoms with E-state index in [1.54, 1.807) is 18.6 Å².